The number of benzene rings is 1. The van der Waals surface area contributed by atoms with Crippen LogP contribution in [0.3, 0.4) is 0 Å². The number of hydroxylamine groups is 2. The van der Waals surface area contributed by atoms with E-state index in [1.807, 2.05) is 6.92 Å². The van der Waals surface area contributed by atoms with Gasteiger partial charge in [-0.3, -0.25) is 4.84 Å². The molecule has 1 aliphatic heterocycles. The first kappa shape index (κ1) is 15.3. The van der Waals surface area contributed by atoms with Crippen molar-refractivity contribution in [3.63, 3.8) is 0 Å². The number of rotatable bonds is 6. The van der Waals surface area contributed by atoms with Gasteiger partial charge in [-0.2, -0.15) is 5.06 Å². The number of hydrogen-bond donors (Lipinski definition) is 1. The first-order chi connectivity index (χ1) is 9.52. The monoisotopic (exact) mass is 289 g/mol. The van der Waals surface area contributed by atoms with Crippen LogP contribution in [0.1, 0.15) is 31.7 Å². The molecule has 0 saturated carbocycles. The van der Waals surface area contributed by atoms with Crippen LogP contribution in [0.15, 0.2) is 12.1 Å². The van der Waals surface area contributed by atoms with Gasteiger partial charge in [0.25, 0.3) is 0 Å². The summed E-state index contributed by atoms with van der Waals surface area (Å²) in [5.41, 5.74) is 0.0879. The van der Waals surface area contributed by atoms with Gasteiger partial charge in [-0.15, -0.1) is 0 Å². The quantitative estimate of drug-likeness (QED) is 0.645. The van der Waals surface area contributed by atoms with Crippen LogP contribution in [-0.4, -0.2) is 29.0 Å². The maximum atomic E-state index is 13.6. The fraction of sp³-hybridized carbons (Fsp3) is 0.571. The van der Waals surface area contributed by atoms with E-state index in [1.54, 1.807) is 0 Å². The van der Waals surface area contributed by atoms with Gasteiger partial charge in [0.2, 0.25) is 0 Å². The first-order valence-corrected chi connectivity index (χ1v) is 6.75. The number of nitrogens with zero attached hydrogens (tertiary/aromatic N) is 1. The molecule has 0 amide bonds. The van der Waals surface area contributed by atoms with E-state index in [0.29, 0.717) is 19.1 Å². The van der Waals surface area contributed by atoms with Gasteiger partial charge in [0.05, 0.1) is 6.61 Å². The Labute approximate surface area is 115 Å². The van der Waals surface area contributed by atoms with E-state index in [1.165, 1.54) is 5.06 Å². The lowest BCUT2D eigenvalue weighted by Crippen LogP contribution is -2.56. The molecule has 1 aromatic carbocycles. The number of halogens is 3. The fourth-order valence-corrected chi connectivity index (χ4v) is 2.21. The Bertz CT molecular complexity index is 470. The molecule has 0 aliphatic carbocycles. The van der Waals surface area contributed by atoms with Crippen LogP contribution in [0, 0.1) is 17.5 Å². The highest BCUT2D eigenvalue weighted by atomic mass is 19.2. The maximum Gasteiger partial charge on any atom is 0.161 e. The third kappa shape index (κ3) is 3.31. The number of hydrogen-bond acceptors (Lipinski definition) is 3. The summed E-state index contributed by atoms with van der Waals surface area (Å²) in [6, 6.07) is 1.18. The van der Waals surface area contributed by atoms with E-state index < -0.39 is 23.7 Å². The number of aliphatic hydroxyl groups is 1. The predicted molar refractivity (Wildman–Crippen MR) is 67.1 cm³/mol. The zero-order valence-corrected chi connectivity index (χ0v) is 11.3. The highest BCUT2D eigenvalue weighted by Gasteiger charge is 2.38. The van der Waals surface area contributed by atoms with E-state index in [2.05, 4.69) is 0 Å². The van der Waals surface area contributed by atoms with Crippen LogP contribution < -0.4 is 0 Å². The lowest BCUT2D eigenvalue weighted by Gasteiger charge is -2.44. The summed E-state index contributed by atoms with van der Waals surface area (Å²) >= 11 is 0. The van der Waals surface area contributed by atoms with Gasteiger partial charge in [0.1, 0.15) is 12.0 Å². The van der Waals surface area contributed by atoms with Crippen molar-refractivity contribution in [3.8, 4) is 0 Å². The lowest BCUT2D eigenvalue weighted by molar-refractivity contribution is -0.319. The van der Waals surface area contributed by atoms with E-state index >= 15 is 0 Å². The highest BCUT2D eigenvalue weighted by molar-refractivity contribution is 5.21. The molecular formula is C14H18F3NO2. The van der Waals surface area contributed by atoms with Crippen LogP contribution in [0.4, 0.5) is 13.2 Å². The Kier molecular flexibility index (Phi) is 5.01. The van der Waals surface area contributed by atoms with Crippen LogP contribution in [0.2, 0.25) is 0 Å². The van der Waals surface area contributed by atoms with Crippen molar-refractivity contribution in [3.05, 3.63) is 35.1 Å². The Morgan fingerprint density at radius 3 is 2.60 bits per heavy atom. The molecule has 0 unspecified atom stereocenters. The summed E-state index contributed by atoms with van der Waals surface area (Å²) in [6.07, 6.45) is 1.70. The minimum absolute atomic E-state index is 0.0879. The average Bonchev–Trinajstić information content (AvgIpc) is 2.40. The minimum Gasteiger partial charge on any atom is -0.376 e. The minimum atomic E-state index is -1.20. The first-order valence-electron chi connectivity index (χ1n) is 6.75. The fourth-order valence-electron chi connectivity index (χ4n) is 2.21. The summed E-state index contributed by atoms with van der Waals surface area (Å²) in [5, 5.41) is 11.0. The van der Waals surface area contributed by atoms with Crippen molar-refractivity contribution >= 4 is 0 Å². The second-order valence-corrected chi connectivity index (χ2v) is 4.98. The van der Waals surface area contributed by atoms with Gasteiger partial charge in [0, 0.05) is 18.5 Å². The predicted octanol–water partition coefficient (Wildman–Crippen LogP) is 2.77. The molecule has 1 aliphatic rings. The third-order valence-corrected chi connectivity index (χ3v) is 3.42. The Balaban J connectivity index is 1.97. The molecule has 2 rings (SSSR count). The van der Waals surface area contributed by atoms with Gasteiger partial charge in [-0.25, -0.2) is 13.2 Å². The highest BCUT2D eigenvalue weighted by Crippen LogP contribution is 2.28. The van der Waals surface area contributed by atoms with Crippen LogP contribution in [-0.2, 0) is 11.3 Å². The van der Waals surface area contributed by atoms with E-state index in [-0.39, 0.29) is 18.0 Å². The lowest BCUT2D eigenvalue weighted by atomic mass is 9.95. The second-order valence-electron chi connectivity index (χ2n) is 4.98. The molecule has 2 atom stereocenters. The zero-order chi connectivity index (χ0) is 14.7. The third-order valence-electron chi connectivity index (χ3n) is 3.42. The topological polar surface area (TPSA) is 32.7 Å². The molecule has 1 aromatic rings. The molecule has 1 N–H and O–H groups in total. The van der Waals surface area contributed by atoms with Crippen molar-refractivity contribution < 1.29 is 23.1 Å². The summed E-state index contributed by atoms with van der Waals surface area (Å²) in [6.45, 7) is 2.49. The van der Waals surface area contributed by atoms with Crippen LogP contribution in [0.25, 0.3) is 0 Å². The molecule has 112 valence electrons. The van der Waals surface area contributed by atoms with Gasteiger partial charge in [0.15, 0.2) is 11.6 Å². The molecule has 0 aromatic heterocycles. The molecule has 1 saturated heterocycles. The van der Waals surface area contributed by atoms with Crippen molar-refractivity contribution in [1.82, 2.24) is 5.06 Å². The second kappa shape index (κ2) is 6.56. The SMILES string of the molecule is CCCCON1[C@H](Cc2cc(F)c(F)cc2F)C[C@@H]1O. The maximum absolute atomic E-state index is 13.6. The molecule has 0 spiro atoms. The van der Waals surface area contributed by atoms with Crippen LogP contribution in [0.5, 0.6) is 0 Å². The number of aliphatic hydroxyl groups excluding tert-OH is 1. The van der Waals surface area contributed by atoms with Crippen molar-refractivity contribution in [1.29, 1.82) is 0 Å². The van der Waals surface area contributed by atoms with Crippen molar-refractivity contribution in [2.45, 2.75) is 44.9 Å². The molecule has 0 radical (unpaired) electrons. The normalized spacial score (nSPS) is 22.9. The molecule has 6 heteroatoms. The van der Waals surface area contributed by atoms with E-state index in [4.69, 9.17) is 4.84 Å². The van der Waals surface area contributed by atoms with Gasteiger partial charge in [-0.05, 0) is 24.5 Å². The van der Waals surface area contributed by atoms with Gasteiger partial charge < -0.3 is 5.11 Å². The van der Waals surface area contributed by atoms with Gasteiger partial charge in [-0.1, -0.05) is 13.3 Å². The summed E-state index contributed by atoms with van der Waals surface area (Å²) in [5.74, 6) is -3.05. The molecule has 0 bridgehead atoms. The Morgan fingerprint density at radius 2 is 1.95 bits per heavy atom. The Morgan fingerprint density at radius 1 is 1.25 bits per heavy atom. The Hall–Kier alpha value is -1.11. The summed E-state index contributed by atoms with van der Waals surface area (Å²) < 4.78 is 39.5. The summed E-state index contributed by atoms with van der Waals surface area (Å²) in [7, 11) is 0. The van der Waals surface area contributed by atoms with E-state index in [9.17, 15) is 18.3 Å². The zero-order valence-electron chi connectivity index (χ0n) is 11.3. The smallest absolute Gasteiger partial charge is 0.161 e. The molecule has 1 fully saturated rings. The molecule has 1 heterocycles. The summed E-state index contributed by atoms with van der Waals surface area (Å²) in [4.78, 5) is 5.40. The van der Waals surface area contributed by atoms with Crippen molar-refractivity contribution in [2.75, 3.05) is 6.61 Å². The molecule has 3 nitrogen and oxygen atoms in total. The van der Waals surface area contributed by atoms with Crippen molar-refractivity contribution in [2.24, 2.45) is 0 Å². The largest absolute Gasteiger partial charge is 0.376 e. The standard InChI is InChI=1S/C14H18F3NO2/c1-2-3-4-20-18-10(7-14(18)19)5-9-6-12(16)13(17)8-11(9)15/h6,8,10,14,19H,2-5,7H2,1H3/t10-,14+/m1/s1. The van der Waals surface area contributed by atoms with E-state index in [0.717, 1.165) is 18.9 Å². The van der Waals surface area contributed by atoms with Crippen LogP contribution >= 0.6 is 0 Å². The molecular weight excluding hydrogens is 271 g/mol. The average molecular weight is 289 g/mol. The van der Waals surface area contributed by atoms with Gasteiger partial charge >= 0.3 is 0 Å². The number of unbranched alkanes of at least 4 members (excludes halogenated alkanes) is 1. The molecule has 20 heavy (non-hydrogen) atoms.